The van der Waals surface area contributed by atoms with Crippen molar-refractivity contribution in [1.29, 1.82) is 0 Å². The third-order valence-electron chi connectivity index (χ3n) is 3.28. The third kappa shape index (κ3) is 3.96. The summed E-state index contributed by atoms with van der Waals surface area (Å²) in [6.45, 7) is 0.781. The van der Waals surface area contributed by atoms with Gasteiger partial charge in [-0.25, -0.2) is 8.78 Å². The Hall–Kier alpha value is -1.10. The van der Waals surface area contributed by atoms with E-state index in [1.54, 1.807) is 0 Å². The van der Waals surface area contributed by atoms with E-state index >= 15 is 0 Å². The Morgan fingerprint density at radius 2 is 1.90 bits per heavy atom. The van der Waals surface area contributed by atoms with Crippen LogP contribution in [-0.4, -0.2) is 6.04 Å². The molecule has 1 saturated carbocycles. The molecule has 3 rings (SSSR count). The molecule has 0 unspecified atom stereocenters. The van der Waals surface area contributed by atoms with Crippen molar-refractivity contribution < 1.29 is 8.78 Å². The van der Waals surface area contributed by atoms with E-state index in [1.807, 2.05) is 18.2 Å². The Bertz CT molecular complexity index is 659. The van der Waals surface area contributed by atoms with Crippen LogP contribution >= 0.6 is 23.4 Å². The summed E-state index contributed by atoms with van der Waals surface area (Å²) in [6, 6.07) is 9.73. The molecule has 0 aromatic heterocycles. The van der Waals surface area contributed by atoms with Gasteiger partial charge in [-0.05, 0) is 48.7 Å². The van der Waals surface area contributed by atoms with Gasteiger partial charge in [0.2, 0.25) is 0 Å². The average Bonchev–Trinajstić information content (AvgIpc) is 3.27. The summed E-state index contributed by atoms with van der Waals surface area (Å²) in [5.41, 5.74) is 1.09. The van der Waals surface area contributed by atoms with E-state index in [0.717, 1.165) is 40.9 Å². The number of nitrogens with one attached hydrogen (secondary N) is 1. The fourth-order valence-corrected chi connectivity index (χ4v) is 3.15. The van der Waals surface area contributed by atoms with Gasteiger partial charge in [-0.15, -0.1) is 0 Å². The second-order valence-corrected chi connectivity index (χ2v) is 6.59. The van der Waals surface area contributed by atoms with Gasteiger partial charge in [0.15, 0.2) is 0 Å². The number of hydrogen-bond acceptors (Lipinski definition) is 2. The van der Waals surface area contributed by atoms with Crippen LogP contribution in [0, 0.1) is 11.6 Å². The number of rotatable bonds is 5. The second-order valence-electron chi connectivity index (χ2n) is 5.10. The van der Waals surface area contributed by atoms with Gasteiger partial charge in [-0.2, -0.15) is 0 Å². The standard InChI is InChI=1S/C16H14ClF2NS/c17-13-7-10(9-20-12-3-4-12)1-6-15(13)21-16-8-11(18)2-5-14(16)19/h1-2,5-8,12,20H,3-4,9H2. The molecule has 21 heavy (non-hydrogen) atoms. The molecule has 1 aliphatic carbocycles. The number of hydrogen-bond donors (Lipinski definition) is 1. The van der Waals surface area contributed by atoms with Gasteiger partial charge in [-0.1, -0.05) is 29.4 Å². The Labute approximate surface area is 131 Å². The van der Waals surface area contributed by atoms with Crippen molar-refractivity contribution in [2.45, 2.75) is 35.2 Å². The predicted octanol–water partition coefficient (Wildman–Crippen LogP) is 5.02. The molecule has 1 N–H and O–H groups in total. The predicted molar refractivity (Wildman–Crippen MR) is 81.8 cm³/mol. The molecule has 2 aromatic carbocycles. The highest BCUT2D eigenvalue weighted by Gasteiger charge is 2.20. The molecule has 0 bridgehead atoms. The van der Waals surface area contributed by atoms with E-state index in [0.29, 0.717) is 11.1 Å². The van der Waals surface area contributed by atoms with E-state index in [4.69, 9.17) is 11.6 Å². The topological polar surface area (TPSA) is 12.0 Å². The van der Waals surface area contributed by atoms with Gasteiger partial charge in [0, 0.05) is 17.5 Å². The minimum atomic E-state index is -0.458. The van der Waals surface area contributed by atoms with Gasteiger partial charge in [0.05, 0.1) is 9.92 Å². The van der Waals surface area contributed by atoms with Crippen LogP contribution in [0.2, 0.25) is 5.02 Å². The molecule has 5 heteroatoms. The summed E-state index contributed by atoms with van der Waals surface area (Å²) < 4.78 is 26.8. The van der Waals surface area contributed by atoms with E-state index in [1.165, 1.54) is 18.9 Å². The smallest absolute Gasteiger partial charge is 0.137 e. The van der Waals surface area contributed by atoms with Crippen LogP contribution in [0.5, 0.6) is 0 Å². The quantitative estimate of drug-likeness (QED) is 0.828. The van der Waals surface area contributed by atoms with Gasteiger partial charge in [-0.3, -0.25) is 0 Å². The summed E-state index contributed by atoms with van der Waals surface area (Å²) in [5.74, 6) is -0.905. The highest BCUT2D eigenvalue weighted by molar-refractivity contribution is 7.99. The van der Waals surface area contributed by atoms with Crippen molar-refractivity contribution in [3.05, 3.63) is 58.6 Å². The average molecular weight is 326 g/mol. The van der Waals surface area contributed by atoms with E-state index in [2.05, 4.69) is 5.32 Å². The number of benzene rings is 2. The molecule has 0 aliphatic heterocycles. The van der Waals surface area contributed by atoms with E-state index < -0.39 is 11.6 Å². The molecule has 2 aromatic rings. The summed E-state index contributed by atoms with van der Waals surface area (Å²) >= 11 is 7.37. The van der Waals surface area contributed by atoms with Gasteiger partial charge in [0.25, 0.3) is 0 Å². The van der Waals surface area contributed by atoms with Crippen LogP contribution in [-0.2, 0) is 6.54 Å². The zero-order chi connectivity index (χ0) is 14.8. The van der Waals surface area contributed by atoms with Crippen molar-refractivity contribution >= 4 is 23.4 Å². The molecule has 1 fully saturated rings. The molecular formula is C16H14ClF2NS. The molecule has 1 aliphatic rings. The fraction of sp³-hybridized carbons (Fsp3) is 0.250. The summed E-state index contributed by atoms with van der Waals surface area (Å²) in [6.07, 6.45) is 2.47. The van der Waals surface area contributed by atoms with Crippen LogP contribution in [0.1, 0.15) is 18.4 Å². The fourth-order valence-electron chi connectivity index (χ4n) is 1.96. The molecule has 1 nitrogen and oxygen atoms in total. The molecule has 0 radical (unpaired) electrons. The van der Waals surface area contributed by atoms with E-state index in [-0.39, 0.29) is 4.90 Å². The van der Waals surface area contributed by atoms with Gasteiger partial charge >= 0.3 is 0 Å². The summed E-state index contributed by atoms with van der Waals surface area (Å²) in [7, 11) is 0. The summed E-state index contributed by atoms with van der Waals surface area (Å²) in [4.78, 5) is 0.956. The van der Waals surface area contributed by atoms with E-state index in [9.17, 15) is 8.78 Å². The highest BCUT2D eigenvalue weighted by atomic mass is 35.5. The third-order valence-corrected chi connectivity index (χ3v) is 4.82. The maximum atomic E-state index is 13.6. The lowest BCUT2D eigenvalue weighted by atomic mass is 10.2. The molecular weight excluding hydrogens is 312 g/mol. The Morgan fingerprint density at radius 3 is 2.62 bits per heavy atom. The highest BCUT2D eigenvalue weighted by Crippen LogP contribution is 2.35. The van der Waals surface area contributed by atoms with Crippen LogP contribution in [0.15, 0.2) is 46.2 Å². The van der Waals surface area contributed by atoms with Crippen LogP contribution in [0.3, 0.4) is 0 Å². The Kier molecular flexibility index (Phi) is 4.48. The minimum Gasteiger partial charge on any atom is -0.310 e. The normalized spacial score (nSPS) is 14.4. The maximum Gasteiger partial charge on any atom is 0.137 e. The van der Waals surface area contributed by atoms with Crippen molar-refractivity contribution in [1.82, 2.24) is 5.32 Å². The number of halogens is 3. The zero-order valence-corrected chi connectivity index (χ0v) is 12.8. The largest absolute Gasteiger partial charge is 0.310 e. The lowest BCUT2D eigenvalue weighted by Gasteiger charge is -2.08. The van der Waals surface area contributed by atoms with Crippen LogP contribution < -0.4 is 5.32 Å². The molecule has 110 valence electrons. The van der Waals surface area contributed by atoms with Crippen molar-refractivity contribution in [3.63, 3.8) is 0 Å². The van der Waals surface area contributed by atoms with Crippen molar-refractivity contribution in [3.8, 4) is 0 Å². The lowest BCUT2D eigenvalue weighted by molar-refractivity contribution is 0.577. The molecule has 0 amide bonds. The Morgan fingerprint density at radius 1 is 1.10 bits per heavy atom. The molecule has 0 spiro atoms. The van der Waals surface area contributed by atoms with Crippen LogP contribution in [0.25, 0.3) is 0 Å². The lowest BCUT2D eigenvalue weighted by Crippen LogP contribution is -2.15. The van der Waals surface area contributed by atoms with Gasteiger partial charge < -0.3 is 5.32 Å². The SMILES string of the molecule is Fc1ccc(F)c(Sc2ccc(CNC3CC3)cc2Cl)c1. The zero-order valence-electron chi connectivity index (χ0n) is 11.2. The van der Waals surface area contributed by atoms with Crippen LogP contribution in [0.4, 0.5) is 8.78 Å². The first kappa shape index (κ1) is 14.8. The van der Waals surface area contributed by atoms with Crippen molar-refractivity contribution in [2.24, 2.45) is 0 Å². The minimum absolute atomic E-state index is 0.237. The summed E-state index contributed by atoms with van der Waals surface area (Å²) in [5, 5.41) is 3.97. The first-order chi connectivity index (χ1) is 10.1. The first-order valence-electron chi connectivity index (χ1n) is 6.76. The molecule has 0 heterocycles. The Balaban J connectivity index is 1.74. The van der Waals surface area contributed by atoms with Crippen molar-refractivity contribution in [2.75, 3.05) is 0 Å². The monoisotopic (exact) mass is 325 g/mol. The molecule has 0 saturated heterocycles. The molecule has 0 atom stereocenters. The maximum absolute atomic E-state index is 13.6. The van der Waals surface area contributed by atoms with Gasteiger partial charge in [0.1, 0.15) is 11.6 Å². The second kappa shape index (κ2) is 6.34. The first-order valence-corrected chi connectivity index (χ1v) is 7.96.